The third-order valence-electron chi connectivity index (χ3n) is 1.50. The Hall–Kier alpha value is -0.570. The van der Waals surface area contributed by atoms with Crippen LogP contribution in [0.4, 0.5) is 26.3 Å². The molecule has 0 fully saturated rings. The first kappa shape index (κ1) is 21.7. The van der Waals surface area contributed by atoms with Gasteiger partial charge in [-0.05, 0) is 0 Å². The minimum atomic E-state index is -7.13. The molecule has 0 atom stereocenters. The first-order valence-electron chi connectivity index (χ1n) is 3.66. The summed E-state index contributed by atoms with van der Waals surface area (Å²) in [4.78, 5) is 0. The van der Waals surface area contributed by atoms with Crippen molar-refractivity contribution in [3.63, 3.8) is 0 Å². The van der Waals surface area contributed by atoms with Crippen LogP contribution >= 0.6 is 0 Å². The van der Waals surface area contributed by atoms with Crippen molar-refractivity contribution in [2.45, 2.75) is 22.4 Å². The molecule has 124 valence electrons. The van der Waals surface area contributed by atoms with Crippen LogP contribution in [-0.2, 0) is 29.5 Å². The van der Waals surface area contributed by atoms with Gasteiger partial charge in [0.2, 0.25) is 0 Å². The Bertz CT molecular complexity index is 607. The lowest BCUT2D eigenvalue weighted by Gasteiger charge is -2.19. The van der Waals surface area contributed by atoms with E-state index in [4.69, 9.17) is 0 Å². The molecule has 0 amide bonds. The Morgan fingerprint density at radius 2 is 0.900 bits per heavy atom. The first-order chi connectivity index (χ1) is 7.87. The fourth-order valence-electron chi connectivity index (χ4n) is 0.845. The molecule has 0 unspecified atom stereocenters. The van der Waals surface area contributed by atoms with Gasteiger partial charge in [0, 0.05) is 6.26 Å². The summed E-state index contributed by atoms with van der Waals surface area (Å²) in [6, 6.07) is 0. The summed E-state index contributed by atoms with van der Waals surface area (Å²) in [5.41, 5.74) is -13.0. The largest absolute Gasteiger partial charge is 0.499 e. The quantitative estimate of drug-likeness (QED) is 0.678. The average Bonchev–Trinajstić information content (AvgIpc) is 1.93. The predicted molar refractivity (Wildman–Crippen MR) is 55.3 cm³/mol. The summed E-state index contributed by atoms with van der Waals surface area (Å²) in [5.74, 6) is 0. The molecular formula is C5H8F6O6S3. The van der Waals surface area contributed by atoms with E-state index in [0.717, 1.165) is 0 Å². The third-order valence-corrected chi connectivity index (χ3v) is 9.64. The highest BCUT2D eigenvalue weighted by molar-refractivity contribution is 8.24. The van der Waals surface area contributed by atoms with E-state index in [0.29, 0.717) is 0 Å². The lowest BCUT2D eigenvalue weighted by atomic mass is 11.5. The summed E-state index contributed by atoms with van der Waals surface area (Å²) in [5, 5.41) is 0. The predicted octanol–water partition coefficient (Wildman–Crippen LogP) is 0.820. The second kappa shape index (κ2) is 5.32. The lowest BCUT2D eigenvalue weighted by molar-refractivity contribution is -0.0462. The molecule has 0 aromatic heterocycles. The van der Waals surface area contributed by atoms with Crippen LogP contribution in [-0.4, -0.2) is 46.4 Å². The number of hydrogen-bond donors (Lipinski definition) is 0. The summed E-state index contributed by atoms with van der Waals surface area (Å²) < 4.78 is 132. The highest BCUT2D eigenvalue weighted by atomic mass is 32.3. The van der Waals surface area contributed by atoms with Crippen molar-refractivity contribution in [1.82, 2.24) is 0 Å². The Morgan fingerprint density at radius 3 is 1.00 bits per heavy atom. The second-order valence-corrected chi connectivity index (χ2v) is 10.2. The van der Waals surface area contributed by atoms with Crippen LogP contribution in [0.25, 0.3) is 0 Å². The number of sulfone groups is 3. The zero-order valence-corrected chi connectivity index (χ0v) is 11.0. The van der Waals surface area contributed by atoms with Crippen molar-refractivity contribution >= 4 is 29.5 Å². The molecule has 0 aliphatic carbocycles. The fourth-order valence-corrected chi connectivity index (χ4v) is 7.61. The summed E-state index contributed by atoms with van der Waals surface area (Å²) in [7, 11) is -20.0. The highest BCUT2D eigenvalue weighted by Gasteiger charge is 2.66. The topological polar surface area (TPSA) is 102 Å². The fraction of sp³-hybridized carbons (Fsp3) is 1.00. The minimum Gasteiger partial charge on any atom is -0.227 e. The Labute approximate surface area is 110 Å². The van der Waals surface area contributed by atoms with Crippen molar-refractivity contribution in [2.24, 2.45) is 0 Å². The zero-order valence-electron chi connectivity index (χ0n) is 8.52. The van der Waals surface area contributed by atoms with Crippen LogP contribution < -0.4 is 0 Å². The van der Waals surface area contributed by atoms with Gasteiger partial charge in [0.05, 0.1) is 0 Å². The maximum Gasteiger partial charge on any atom is 0.499 e. The van der Waals surface area contributed by atoms with E-state index >= 15 is 0 Å². The van der Waals surface area contributed by atoms with Crippen LogP contribution in [0.2, 0.25) is 0 Å². The van der Waals surface area contributed by atoms with Crippen LogP contribution in [0.15, 0.2) is 0 Å². The molecule has 15 heteroatoms. The molecule has 0 rings (SSSR count). The number of rotatable bonds is 3. The minimum absolute atomic E-state index is 0. The summed E-state index contributed by atoms with van der Waals surface area (Å²) in [6.45, 7) is 0. The third kappa shape index (κ3) is 3.75. The van der Waals surface area contributed by atoms with E-state index in [9.17, 15) is 51.6 Å². The number of halogens is 6. The van der Waals surface area contributed by atoms with E-state index in [1.54, 1.807) is 0 Å². The summed E-state index contributed by atoms with van der Waals surface area (Å²) in [6.07, 6.45) is -0.371. The van der Waals surface area contributed by atoms with Crippen molar-refractivity contribution in [3.8, 4) is 0 Å². The molecule has 0 heterocycles. The van der Waals surface area contributed by atoms with Gasteiger partial charge in [-0.15, -0.1) is 0 Å². The molecule has 0 spiro atoms. The van der Waals surface area contributed by atoms with Crippen LogP contribution in [0, 0.1) is 0 Å². The van der Waals surface area contributed by atoms with Gasteiger partial charge in [0.1, 0.15) is 0 Å². The molecule has 0 saturated heterocycles. The van der Waals surface area contributed by atoms with Gasteiger partial charge in [0.15, 0.2) is 9.84 Å². The average molecular weight is 374 g/mol. The number of hydrogen-bond acceptors (Lipinski definition) is 6. The SMILES string of the molecule is C.CS(=O)(=O)C(S(=O)(=O)C(F)(F)F)S(=O)(=O)C(F)(F)F. The van der Waals surface area contributed by atoms with Crippen molar-refractivity contribution in [3.05, 3.63) is 0 Å². The van der Waals surface area contributed by atoms with Crippen molar-refractivity contribution in [1.29, 1.82) is 0 Å². The molecule has 0 saturated carbocycles. The van der Waals surface area contributed by atoms with Gasteiger partial charge >= 0.3 is 11.0 Å². The molecule has 0 aliphatic rings. The van der Waals surface area contributed by atoms with Crippen LogP contribution in [0.5, 0.6) is 0 Å². The van der Waals surface area contributed by atoms with Gasteiger partial charge in [0.25, 0.3) is 23.6 Å². The Kier molecular flexibility index (Phi) is 5.78. The van der Waals surface area contributed by atoms with Gasteiger partial charge in [-0.2, -0.15) is 26.3 Å². The summed E-state index contributed by atoms with van der Waals surface area (Å²) >= 11 is 0. The first-order valence-corrected chi connectivity index (χ1v) is 8.70. The van der Waals surface area contributed by atoms with E-state index in [-0.39, 0.29) is 13.7 Å². The van der Waals surface area contributed by atoms with Crippen molar-refractivity contribution < 1.29 is 51.6 Å². The smallest absolute Gasteiger partial charge is 0.227 e. The molecule has 0 N–H and O–H groups in total. The van der Waals surface area contributed by atoms with E-state index in [1.165, 1.54) is 0 Å². The van der Waals surface area contributed by atoms with Gasteiger partial charge in [-0.1, -0.05) is 7.43 Å². The molecule has 0 aliphatic heterocycles. The molecule has 0 bridgehead atoms. The molecule has 6 nitrogen and oxygen atoms in total. The molecule has 0 aromatic rings. The Morgan fingerprint density at radius 1 is 0.700 bits per heavy atom. The van der Waals surface area contributed by atoms with Gasteiger partial charge in [-0.3, -0.25) is 0 Å². The van der Waals surface area contributed by atoms with Crippen molar-refractivity contribution in [2.75, 3.05) is 6.26 Å². The van der Waals surface area contributed by atoms with Crippen LogP contribution in [0.1, 0.15) is 7.43 Å². The maximum absolute atomic E-state index is 12.0. The lowest BCUT2D eigenvalue weighted by Crippen LogP contribution is -2.48. The molecule has 0 aromatic carbocycles. The standard InChI is InChI=1S/C4H4F6O6S3.CH4/c1-17(11,12)2(18(13,14)3(5,6)7)19(15,16)4(8,9)10;/h2H,1H3;1H4. The monoisotopic (exact) mass is 374 g/mol. The highest BCUT2D eigenvalue weighted by Crippen LogP contribution is 2.38. The molecular weight excluding hydrogens is 366 g/mol. The normalized spacial score (nSPS) is 15.0. The van der Waals surface area contributed by atoms with E-state index in [2.05, 4.69) is 0 Å². The van der Waals surface area contributed by atoms with Gasteiger partial charge < -0.3 is 0 Å². The number of alkyl halides is 6. The van der Waals surface area contributed by atoms with E-state index < -0.39 is 44.4 Å². The molecule has 20 heavy (non-hydrogen) atoms. The second-order valence-electron chi connectivity index (χ2n) is 3.10. The van der Waals surface area contributed by atoms with Gasteiger partial charge in [-0.25, -0.2) is 25.3 Å². The van der Waals surface area contributed by atoms with Crippen LogP contribution in [0.3, 0.4) is 0 Å². The Balaban J connectivity index is 0. The maximum atomic E-state index is 12.0. The van der Waals surface area contributed by atoms with E-state index in [1.807, 2.05) is 0 Å². The molecule has 0 radical (unpaired) electrons. The zero-order chi connectivity index (χ0) is 16.1.